The third-order valence-corrected chi connectivity index (χ3v) is 25.5. The molecule has 0 radical (unpaired) electrons. The molecule has 17 rings (SSSR count). The topological polar surface area (TPSA) is 79.1 Å². The SMILES string of the molecule is CC(C)(C)c1ccc2c(c1)c1cc(C(C)(C)C)ccc1n2-c1c(-c2nn[nH]n2)c(-n2c3ccc(C(C)(C)C)cc3c3cc(C(C)(C)C)ccc32)c(-n2c3ccc(C(C)(C)C)cc3c3cc(C(C)(C)C)ccc32)c(-n2c3ccc(C(C)(C)C)cc3c3cc(C(C)(C)C)ccc32)c1-n1c2ccc(C(C)(C)C)cc2c2cc(C(C)(C)C)ccc21. The van der Waals surface area contributed by atoms with Crippen molar-refractivity contribution in [3.05, 3.63) is 238 Å². The molecule has 116 heavy (non-hydrogen) atoms. The van der Waals surface area contributed by atoms with Gasteiger partial charge in [-0.05, 0) is 236 Å². The van der Waals surface area contributed by atoms with Crippen LogP contribution in [0.15, 0.2) is 182 Å². The van der Waals surface area contributed by atoms with E-state index in [0.717, 1.165) is 111 Å². The molecule has 0 fully saturated rings. The van der Waals surface area contributed by atoms with Crippen molar-refractivity contribution in [2.24, 2.45) is 0 Å². The highest BCUT2D eigenvalue weighted by atomic mass is 15.5. The predicted molar refractivity (Wildman–Crippen MR) is 498 cm³/mol. The van der Waals surface area contributed by atoms with Gasteiger partial charge in [0.2, 0.25) is 5.82 Å². The van der Waals surface area contributed by atoms with E-state index in [9.17, 15) is 0 Å². The standard InChI is InChI=1S/C107H121N9/c1-98(2,3)61-31-41-81-71(51-61)72-52-62(99(4,5)6)32-42-82(72)112(81)92-91(97-108-110-111-109-97)93(113-83-43-33-63(100(7,8)9)53-73(83)74-54-64(101(10,11)12)34-44-84(74)113)95(115-87-47-37-67(104(19,20)21)57-77(87)78-58-68(105(22,23)24)38-48-88(78)115)96(116-89-49-39-69(106(25,26)27)59-79(89)80-60-70(107(28,29)30)40-50-90(80)116)94(92)114-85-45-35-65(102(13,14)15)55-75(85)76-56-66(103(16,17)18)36-46-86(76)114/h31-60H,1-30H3,(H,108,109,110,111). The minimum Gasteiger partial charge on any atom is -0.306 e. The molecule has 17 aromatic rings. The van der Waals surface area contributed by atoms with Gasteiger partial charge in [-0.2, -0.15) is 5.21 Å². The average molecular weight is 1530 g/mol. The van der Waals surface area contributed by atoms with Crippen molar-refractivity contribution in [3.8, 4) is 39.8 Å². The van der Waals surface area contributed by atoms with Gasteiger partial charge in [0.15, 0.2) is 0 Å². The largest absolute Gasteiger partial charge is 0.306 e. The van der Waals surface area contributed by atoms with Gasteiger partial charge in [0.25, 0.3) is 0 Å². The summed E-state index contributed by atoms with van der Waals surface area (Å²) in [6.45, 7) is 70.6. The molecule has 0 bridgehead atoms. The molecule has 11 aromatic carbocycles. The normalized spacial score (nSPS) is 13.8. The third kappa shape index (κ3) is 12.5. The van der Waals surface area contributed by atoms with Crippen LogP contribution in [-0.2, 0) is 54.1 Å². The van der Waals surface area contributed by atoms with Gasteiger partial charge in [0.1, 0.15) is 0 Å². The molecule has 0 amide bonds. The molecular formula is C107H121N9. The molecule has 9 nitrogen and oxygen atoms in total. The van der Waals surface area contributed by atoms with Crippen LogP contribution in [0.25, 0.3) is 149 Å². The number of hydrogen-bond donors (Lipinski definition) is 1. The molecule has 0 saturated heterocycles. The Balaban J connectivity index is 1.30. The fourth-order valence-corrected chi connectivity index (χ4v) is 18.2. The second kappa shape index (κ2) is 25.5. The summed E-state index contributed by atoms with van der Waals surface area (Å²) in [5.74, 6) is 0.452. The zero-order chi connectivity index (χ0) is 83.3. The van der Waals surface area contributed by atoms with E-state index in [2.05, 4.69) is 418 Å². The Labute approximate surface area is 687 Å². The van der Waals surface area contributed by atoms with Crippen molar-refractivity contribution in [1.29, 1.82) is 0 Å². The van der Waals surface area contributed by atoms with Gasteiger partial charge in [0.05, 0.1) is 89.2 Å². The van der Waals surface area contributed by atoms with Crippen LogP contribution in [0.1, 0.15) is 263 Å². The fourth-order valence-electron chi connectivity index (χ4n) is 18.2. The lowest BCUT2D eigenvalue weighted by Gasteiger charge is -2.31. The second-order valence-electron chi connectivity index (χ2n) is 44.3. The summed E-state index contributed by atoms with van der Waals surface area (Å²) in [5, 5.41) is 30.8. The summed E-state index contributed by atoms with van der Waals surface area (Å²) in [7, 11) is 0. The summed E-state index contributed by atoms with van der Waals surface area (Å²) >= 11 is 0. The first kappa shape index (κ1) is 78.0. The van der Waals surface area contributed by atoms with Gasteiger partial charge in [-0.1, -0.05) is 268 Å². The predicted octanol–water partition coefficient (Wildman–Crippen LogP) is 29.3. The number of hydrogen-bond acceptors (Lipinski definition) is 3. The van der Waals surface area contributed by atoms with Crippen molar-refractivity contribution in [2.75, 3.05) is 0 Å². The molecule has 0 aliphatic carbocycles. The second-order valence-corrected chi connectivity index (χ2v) is 44.3. The summed E-state index contributed by atoms with van der Waals surface area (Å²) < 4.78 is 13.4. The van der Waals surface area contributed by atoms with E-state index in [4.69, 9.17) is 15.4 Å². The number of rotatable bonds is 6. The molecule has 0 unspecified atom stereocenters. The van der Waals surface area contributed by atoms with Crippen LogP contribution in [0.4, 0.5) is 0 Å². The zero-order valence-electron chi connectivity index (χ0n) is 74.9. The van der Waals surface area contributed by atoms with E-state index < -0.39 is 0 Å². The lowest BCUT2D eigenvalue weighted by Crippen LogP contribution is -2.19. The van der Waals surface area contributed by atoms with Crippen LogP contribution >= 0.6 is 0 Å². The van der Waals surface area contributed by atoms with Gasteiger partial charge in [-0.25, -0.2) is 0 Å². The molecule has 0 aliphatic heterocycles. The number of benzene rings is 11. The number of nitrogens with zero attached hydrogens (tertiary/aromatic N) is 8. The Kier molecular flexibility index (Phi) is 17.2. The fraction of sp³-hybridized carbons (Fsp3) is 0.374. The molecular weight excluding hydrogens is 1410 g/mol. The number of nitrogens with one attached hydrogen (secondary N) is 1. The van der Waals surface area contributed by atoms with Crippen LogP contribution in [-0.4, -0.2) is 43.5 Å². The van der Waals surface area contributed by atoms with Crippen LogP contribution in [0.2, 0.25) is 0 Å². The van der Waals surface area contributed by atoms with E-state index in [1.165, 1.54) is 88.0 Å². The Morgan fingerprint density at radius 3 is 0.457 bits per heavy atom. The molecule has 1 N–H and O–H groups in total. The maximum Gasteiger partial charge on any atom is 0.209 e. The molecule has 0 aliphatic rings. The van der Waals surface area contributed by atoms with Crippen LogP contribution in [0.5, 0.6) is 0 Å². The molecule has 0 spiro atoms. The molecule has 6 heterocycles. The average Bonchev–Trinajstić information content (AvgIpc) is 1.48. The maximum absolute atomic E-state index is 5.54. The van der Waals surface area contributed by atoms with Crippen molar-refractivity contribution < 1.29 is 0 Å². The third-order valence-electron chi connectivity index (χ3n) is 25.5. The number of fused-ring (bicyclic) bond motifs is 15. The highest BCUT2D eigenvalue weighted by Gasteiger charge is 2.40. The molecule has 0 atom stereocenters. The molecule has 6 aromatic heterocycles. The van der Waals surface area contributed by atoms with Crippen molar-refractivity contribution in [1.82, 2.24) is 43.5 Å². The van der Waals surface area contributed by atoms with Crippen LogP contribution in [0.3, 0.4) is 0 Å². The summed E-state index contributed by atoms with van der Waals surface area (Å²) in [4.78, 5) is 0. The van der Waals surface area contributed by atoms with Gasteiger partial charge in [0, 0.05) is 53.9 Å². The first-order chi connectivity index (χ1) is 53.9. The highest BCUT2D eigenvalue weighted by Crippen LogP contribution is 2.56. The van der Waals surface area contributed by atoms with Gasteiger partial charge in [-0.3, -0.25) is 0 Å². The van der Waals surface area contributed by atoms with Crippen molar-refractivity contribution in [3.63, 3.8) is 0 Å². The number of H-pyrrole nitrogens is 1. The van der Waals surface area contributed by atoms with Gasteiger partial charge in [-0.15, -0.1) is 10.2 Å². The van der Waals surface area contributed by atoms with Crippen molar-refractivity contribution >= 4 is 109 Å². The van der Waals surface area contributed by atoms with Gasteiger partial charge < -0.3 is 22.8 Å². The minimum atomic E-state index is -0.193. The number of aromatic nitrogens is 9. The lowest BCUT2D eigenvalue weighted by atomic mass is 9.85. The van der Waals surface area contributed by atoms with Crippen LogP contribution < -0.4 is 0 Å². The highest BCUT2D eigenvalue weighted by molar-refractivity contribution is 6.20. The smallest absolute Gasteiger partial charge is 0.209 e. The summed E-state index contributed by atoms with van der Waals surface area (Å²) in [6.07, 6.45) is 0. The van der Waals surface area contributed by atoms with E-state index in [-0.39, 0.29) is 54.1 Å². The van der Waals surface area contributed by atoms with Gasteiger partial charge >= 0.3 is 0 Å². The quantitative estimate of drug-likeness (QED) is 0.180. The first-order valence-electron chi connectivity index (χ1n) is 42.3. The van der Waals surface area contributed by atoms with E-state index in [0.29, 0.717) is 5.82 Å². The summed E-state index contributed by atoms with van der Waals surface area (Å²) in [6, 6.07) is 73.6. The minimum absolute atomic E-state index is 0.190. The van der Waals surface area contributed by atoms with E-state index in [1.807, 2.05) is 0 Å². The van der Waals surface area contributed by atoms with Crippen LogP contribution in [0, 0.1) is 0 Å². The Morgan fingerprint density at radius 1 is 0.190 bits per heavy atom. The Hall–Kier alpha value is -10.5. The molecule has 9 heteroatoms. The number of tetrazole rings is 1. The number of aromatic amines is 1. The van der Waals surface area contributed by atoms with Crippen molar-refractivity contribution in [2.45, 2.75) is 262 Å². The zero-order valence-corrected chi connectivity index (χ0v) is 74.9. The summed E-state index contributed by atoms with van der Waals surface area (Å²) in [5.41, 5.74) is 26.9. The molecule has 594 valence electrons. The maximum atomic E-state index is 5.54. The molecule has 0 saturated carbocycles. The Morgan fingerprint density at radius 2 is 0.328 bits per heavy atom. The Bertz CT molecular complexity index is 6260. The van der Waals surface area contributed by atoms with E-state index >= 15 is 0 Å². The van der Waals surface area contributed by atoms with E-state index in [1.54, 1.807) is 0 Å². The lowest BCUT2D eigenvalue weighted by molar-refractivity contribution is 0.590. The monoisotopic (exact) mass is 1530 g/mol. The first-order valence-corrected chi connectivity index (χ1v) is 42.3.